The molecule has 0 bridgehead atoms. The van der Waals surface area contributed by atoms with Gasteiger partial charge in [-0.2, -0.15) is 0 Å². The van der Waals surface area contributed by atoms with Crippen LogP contribution in [0.3, 0.4) is 0 Å². The third kappa shape index (κ3) is 6.81. The number of H-pyrrole nitrogens is 1. The number of hydrogen-bond donors (Lipinski definition) is 2. The zero-order valence-electron chi connectivity index (χ0n) is 22.8. The highest BCUT2D eigenvalue weighted by atomic mass is 32.2. The molecule has 16 heteroatoms. The van der Waals surface area contributed by atoms with E-state index in [4.69, 9.17) is 9.47 Å². The predicted molar refractivity (Wildman–Crippen MR) is 150 cm³/mol. The van der Waals surface area contributed by atoms with Crippen molar-refractivity contribution in [1.82, 2.24) is 15.0 Å². The highest BCUT2D eigenvalue weighted by Gasteiger charge is 2.42. The lowest BCUT2D eigenvalue weighted by atomic mass is 10.1. The van der Waals surface area contributed by atoms with E-state index < -0.39 is 45.6 Å². The number of benzene rings is 2. The summed E-state index contributed by atoms with van der Waals surface area (Å²) in [4.78, 5) is 67.9. The van der Waals surface area contributed by atoms with Gasteiger partial charge in [0.25, 0.3) is 17.7 Å². The molecule has 2 aliphatic heterocycles. The number of aromatic nitrogens is 2. The molecule has 2 saturated heterocycles. The number of nitrogens with zero attached hydrogens (tertiary/aromatic N) is 3. The van der Waals surface area contributed by atoms with E-state index in [0.29, 0.717) is 22.5 Å². The summed E-state index contributed by atoms with van der Waals surface area (Å²) in [6.07, 6.45) is -3.07. The van der Waals surface area contributed by atoms with Gasteiger partial charge < -0.3 is 24.6 Å². The van der Waals surface area contributed by atoms with Gasteiger partial charge in [-0.05, 0) is 48.5 Å². The van der Waals surface area contributed by atoms with Crippen LogP contribution in [0.5, 0.6) is 0 Å². The first-order valence-electron chi connectivity index (χ1n) is 13.2. The van der Waals surface area contributed by atoms with Crippen molar-refractivity contribution in [1.29, 1.82) is 0 Å². The Hall–Kier alpha value is -4.83. The molecule has 0 radical (unpaired) electrons. The maximum Gasteiger partial charge on any atom is 0.439 e. The van der Waals surface area contributed by atoms with Crippen LogP contribution < -0.4 is 16.0 Å². The van der Waals surface area contributed by atoms with Crippen LogP contribution in [-0.4, -0.2) is 97.1 Å². The molecule has 2 N–H and O–H groups in total. The molecule has 2 fully saturated rings. The van der Waals surface area contributed by atoms with E-state index in [1.54, 1.807) is 24.3 Å². The molecule has 3 amide bonds. The van der Waals surface area contributed by atoms with E-state index in [2.05, 4.69) is 20.0 Å². The quantitative estimate of drug-likeness (QED) is 0.345. The van der Waals surface area contributed by atoms with Gasteiger partial charge >= 0.3 is 11.7 Å². The van der Waals surface area contributed by atoms with Crippen molar-refractivity contribution in [3.8, 4) is 11.4 Å². The van der Waals surface area contributed by atoms with E-state index in [-0.39, 0.29) is 49.5 Å². The molecule has 0 spiro atoms. The molecule has 2 aromatic carbocycles. The van der Waals surface area contributed by atoms with Crippen LogP contribution >= 0.6 is 0 Å². The van der Waals surface area contributed by atoms with Gasteiger partial charge in [-0.25, -0.2) is 13.2 Å². The summed E-state index contributed by atoms with van der Waals surface area (Å²) in [6, 6.07) is 12.4. The van der Waals surface area contributed by atoms with Crippen molar-refractivity contribution < 1.29 is 41.6 Å². The fraction of sp³-hybridized carbons (Fsp3) is 0.333. The van der Waals surface area contributed by atoms with Crippen molar-refractivity contribution >= 4 is 44.9 Å². The minimum Gasteiger partial charge on any atom is -0.449 e. The Morgan fingerprint density at radius 1 is 1.02 bits per heavy atom. The molecule has 1 aromatic heterocycles. The van der Waals surface area contributed by atoms with Crippen molar-refractivity contribution in [2.75, 3.05) is 48.0 Å². The zero-order chi connectivity index (χ0) is 30.7. The van der Waals surface area contributed by atoms with Crippen molar-refractivity contribution in [3.63, 3.8) is 0 Å². The number of carbonyl (C=O) groups is 4. The Labute approximate surface area is 244 Å². The molecule has 0 saturated carbocycles. The Bertz CT molecular complexity index is 1680. The summed E-state index contributed by atoms with van der Waals surface area (Å²) in [5.41, 5.74) is 1.58. The first-order chi connectivity index (χ1) is 20.5. The molecule has 2 aliphatic rings. The molecular weight excluding hydrogens is 586 g/mol. The van der Waals surface area contributed by atoms with E-state index in [9.17, 15) is 32.4 Å². The largest absolute Gasteiger partial charge is 0.449 e. The lowest BCUT2D eigenvalue weighted by Gasteiger charge is -2.35. The topological polar surface area (TPSA) is 198 Å². The zero-order valence-corrected chi connectivity index (χ0v) is 23.7. The summed E-state index contributed by atoms with van der Waals surface area (Å²) >= 11 is 0. The van der Waals surface area contributed by atoms with Crippen LogP contribution in [-0.2, 0) is 33.7 Å². The minimum absolute atomic E-state index is 0.0367. The third-order valence-corrected chi connectivity index (χ3v) is 8.48. The van der Waals surface area contributed by atoms with E-state index in [0.717, 1.165) is 6.92 Å². The molecule has 5 rings (SSSR count). The van der Waals surface area contributed by atoms with Crippen LogP contribution in [0.15, 0.2) is 57.8 Å². The van der Waals surface area contributed by atoms with Crippen molar-refractivity contribution in [3.05, 3.63) is 64.6 Å². The average molecular weight is 614 g/mol. The third-order valence-electron chi connectivity index (χ3n) is 6.87. The van der Waals surface area contributed by atoms with Crippen molar-refractivity contribution in [2.45, 2.75) is 19.1 Å². The van der Waals surface area contributed by atoms with Crippen LogP contribution in [0.4, 0.5) is 11.4 Å². The predicted octanol–water partition coefficient (Wildman–Crippen LogP) is 0.203. The van der Waals surface area contributed by atoms with Gasteiger partial charge in [-0.15, -0.1) is 0 Å². The van der Waals surface area contributed by atoms with Crippen LogP contribution in [0.2, 0.25) is 0 Å². The van der Waals surface area contributed by atoms with E-state index >= 15 is 0 Å². The van der Waals surface area contributed by atoms with Crippen LogP contribution in [0.1, 0.15) is 17.3 Å². The fourth-order valence-electron chi connectivity index (χ4n) is 4.67. The highest BCUT2D eigenvalue weighted by Crippen LogP contribution is 2.24. The Morgan fingerprint density at radius 2 is 1.70 bits per heavy atom. The summed E-state index contributed by atoms with van der Waals surface area (Å²) in [7, 11) is -3.14. The van der Waals surface area contributed by atoms with Gasteiger partial charge in [-0.1, -0.05) is 5.16 Å². The van der Waals surface area contributed by atoms with Gasteiger partial charge in [0, 0.05) is 49.1 Å². The van der Waals surface area contributed by atoms with Crippen LogP contribution in [0.25, 0.3) is 11.4 Å². The Balaban J connectivity index is 1.28. The monoisotopic (exact) mass is 613 g/mol. The summed E-state index contributed by atoms with van der Waals surface area (Å²) in [5.74, 6) is -3.25. The molecule has 15 nitrogen and oxygen atoms in total. The lowest BCUT2D eigenvalue weighted by Crippen LogP contribution is -2.56. The number of rotatable bonds is 7. The van der Waals surface area contributed by atoms with Crippen LogP contribution in [0, 0.1) is 0 Å². The maximum atomic E-state index is 13.5. The average Bonchev–Trinajstić information content (AvgIpc) is 3.42. The molecule has 226 valence electrons. The fourth-order valence-corrected chi connectivity index (χ4v) is 5.87. The molecule has 3 heterocycles. The van der Waals surface area contributed by atoms with Crippen molar-refractivity contribution in [2.24, 2.45) is 0 Å². The SMILES string of the molecule is CC(=O)O[C@@H](C(=O)Nc1ccc(-c2noc(=O)[nH]2)cc1)[C@H]1OCCN(c2ccc(C(=O)N3CCS(=O)(=O)CC3)cc2)C1=O. The number of esters is 1. The van der Waals surface area contributed by atoms with E-state index in [1.807, 2.05) is 0 Å². The first-order valence-corrected chi connectivity index (χ1v) is 15.0. The Morgan fingerprint density at radius 3 is 2.30 bits per heavy atom. The second-order valence-corrected chi connectivity index (χ2v) is 12.1. The number of nitrogens with one attached hydrogen (secondary N) is 2. The summed E-state index contributed by atoms with van der Waals surface area (Å²) in [5, 5.41) is 6.19. The summed E-state index contributed by atoms with van der Waals surface area (Å²) in [6.45, 7) is 1.51. The number of anilines is 2. The van der Waals surface area contributed by atoms with Gasteiger partial charge in [0.2, 0.25) is 6.10 Å². The Kier molecular flexibility index (Phi) is 8.40. The molecule has 3 aromatic rings. The number of ether oxygens (including phenoxy) is 2. The van der Waals surface area contributed by atoms with Gasteiger partial charge in [0.15, 0.2) is 21.8 Å². The molecule has 0 unspecified atom stereocenters. The van der Waals surface area contributed by atoms with Gasteiger partial charge in [0.1, 0.15) is 0 Å². The smallest absolute Gasteiger partial charge is 0.439 e. The number of amides is 3. The number of carbonyl (C=O) groups excluding carboxylic acids is 4. The summed E-state index contributed by atoms with van der Waals surface area (Å²) < 4.78 is 38.7. The number of aromatic amines is 1. The second-order valence-electron chi connectivity index (χ2n) is 9.81. The standard InChI is InChI=1S/C27H27N5O10S/c1-16(33)41-21(24(34)28-19-6-2-17(3-7-19)23-29-27(37)42-30-23)22-26(36)32(10-13-40-22)20-8-4-18(5-9-20)25(35)31-11-14-43(38,39)15-12-31/h2-9,21-22H,10-15H2,1H3,(H,28,34)(H,29,30,37)/t21-,22-/m1/s1. The first kappa shape index (κ1) is 29.7. The minimum atomic E-state index is -3.14. The van der Waals surface area contributed by atoms with E-state index in [1.165, 1.54) is 34.1 Å². The molecule has 0 aliphatic carbocycles. The molecule has 2 atom stereocenters. The second kappa shape index (κ2) is 12.2. The molecule has 43 heavy (non-hydrogen) atoms. The number of hydrogen-bond acceptors (Lipinski definition) is 11. The maximum absolute atomic E-state index is 13.5. The lowest BCUT2D eigenvalue weighted by molar-refractivity contribution is -0.167. The number of sulfone groups is 1. The number of morpholine rings is 1. The highest BCUT2D eigenvalue weighted by molar-refractivity contribution is 7.91. The van der Waals surface area contributed by atoms with Gasteiger partial charge in [0.05, 0.1) is 18.1 Å². The molecular formula is C27H27N5O10S. The van der Waals surface area contributed by atoms with Gasteiger partial charge in [-0.3, -0.25) is 28.7 Å². The normalized spacial score (nSPS) is 19.0.